The van der Waals surface area contributed by atoms with Gasteiger partial charge in [-0.3, -0.25) is 9.36 Å². The van der Waals surface area contributed by atoms with Gasteiger partial charge in [-0.05, 0) is 49.8 Å². The van der Waals surface area contributed by atoms with Crippen LogP contribution in [-0.2, 0) is 19.4 Å². The molecule has 3 aromatic heterocycles. The molecule has 34 heavy (non-hydrogen) atoms. The Morgan fingerprint density at radius 3 is 3.00 bits per heavy atom. The fourth-order valence-corrected chi connectivity index (χ4v) is 6.78. The van der Waals surface area contributed by atoms with Crippen LogP contribution in [0.3, 0.4) is 0 Å². The molecule has 2 unspecified atom stereocenters. The van der Waals surface area contributed by atoms with Crippen molar-refractivity contribution in [2.45, 2.75) is 50.1 Å². The minimum atomic E-state index is -0.117. The van der Waals surface area contributed by atoms with Crippen LogP contribution in [-0.4, -0.2) is 31.8 Å². The molecule has 0 bridgehead atoms. The maximum Gasteiger partial charge on any atom is 0.259 e. The van der Waals surface area contributed by atoms with Gasteiger partial charge in [-0.1, -0.05) is 36.9 Å². The number of aromatic amines is 1. The number of allylic oxidation sites excluding steroid dienone is 1. The smallest absolute Gasteiger partial charge is 0.259 e. The summed E-state index contributed by atoms with van der Waals surface area (Å²) in [5.74, 6) is 2.75. The van der Waals surface area contributed by atoms with Gasteiger partial charge in [0.25, 0.3) is 5.56 Å². The van der Waals surface area contributed by atoms with Crippen molar-refractivity contribution in [3.05, 3.63) is 63.5 Å². The minimum absolute atomic E-state index is 0.0400. The highest BCUT2D eigenvalue weighted by Gasteiger charge is 2.25. The lowest BCUT2D eigenvalue weighted by Crippen LogP contribution is -2.15. The number of ether oxygens (including phenoxy) is 1. The molecule has 1 aliphatic carbocycles. The molecule has 4 aromatic rings. The van der Waals surface area contributed by atoms with Crippen molar-refractivity contribution in [2.24, 2.45) is 5.92 Å². The Morgan fingerprint density at radius 1 is 1.38 bits per heavy atom. The summed E-state index contributed by atoms with van der Waals surface area (Å²) in [5.41, 5.74) is 2.03. The first-order chi connectivity index (χ1) is 16.5. The maximum atomic E-state index is 13.0. The second-order valence-electron chi connectivity index (χ2n) is 8.65. The predicted molar refractivity (Wildman–Crippen MR) is 138 cm³/mol. The number of para-hydroxylation sites is 1. The van der Waals surface area contributed by atoms with Gasteiger partial charge in [0.15, 0.2) is 11.0 Å². The van der Waals surface area contributed by atoms with Gasteiger partial charge in [0.05, 0.1) is 23.3 Å². The predicted octanol–water partition coefficient (Wildman–Crippen LogP) is 5.42. The number of fused-ring (bicyclic) bond motifs is 3. The average Bonchev–Trinajstić information content (AvgIpc) is 3.39. The number of thioether (sulfide) groups is 1. The number of hydrogen-bond acceptors (Lipinski definition) is 7. The fourth-order valence-electron chi connectivity index (χ4n) is 4.47. The first-order valence-corrected chi connectivity index (χ1v) is 13.1. The lowest BCUT2D eigenvalue weighted by atomic mass is 9.89. The van der Waals surface area contributed by atoms with E-state index in [4.69, 9.17) is 9.72 Å². The fraction of sp³-hybridized carbons (Fsp3) is 0.360. The molecule has 3 heterocycles. The molecule has 7 nitrogen and oxygen atoms in total. The molecule has 0 fully saturated rings. The highest BCUT2D eigenvalue weighted by atomic mass is 32.2. The van der Waals surface area contributed by atoms with E-state index >= 15 is 0 Å². The Morgan fingerprint density at radius 2 is 2.21 bits per heavy atom. The van der Waals surface area contributed by atoms with E-state index in [1.54, 1.807) is 18.4 Å². The number of hydrogen-bond donors (Lipinski definition) is 1. The van der Waals surface area contributed by atoms with Crippen LogP contribution >= 0.6 is 23.1 Å². The molecule has 1 aliphatic rings. The van der Waals surface area contributed by atoms with Gasteiger partial charge < -0.3 is 9.72 Å². The van der Waals surface area contributed by atoms with Crippen LogP contribution in [0.2, 0.25) is 0 Å². The molecule has 0 spiro atoms. The van der Waals surface area contributed by atoms with E-state index in [9.17, 15) is 4.79 Å². The van der Waals surface area contributed by atoms with Gasteiger partial charge in [-0.25, -0.2) is 4.98 Å². The van der Waals surface area contributed by atoms with Crippen molar-refractivity contribution in [2.75, 3.05) is 7.11 Å². The average molecular weight is 494 g/mol. The second kappa shape index (κ2) is 9.38. The Balaban J connectivity index is 1.49. The number of nitrogens with one attached hydrogen (secondary N) is 1. The van der Waals surface area contributed by atoms with Crippen LogP contribution < -0.4 is 10.3 Å². The summed E-state index contributed by atoms with van der Waals surface area (Å²) < 4.78 is 7.53. The SMILES string of the molecule is C=CCn1c(SC(C)c2nc3sc4c(c3c(=O)[nH]2)CCC(C)C4)nnc1-c1ccccc1OC. The number of nitrogens with zero attached hydrogens (tertiary/aromatic N) is 4. The second-order valence-corrected chi connectivity index (χ2v) is 11.0. The van der Waals surface area contributed by atoms with Crippen LogP contribution in [0.1, 0.15) is 41.8 Å². The summed E-state index contributed by atoms with van der Waals surface area (Å²) in [4.78, 5) is 23.1. The third-order valence-electron chi connectivity index (χ3n) is 6.23. The lowest BCUT2D eigenvalue weighted by molar-refractivity contribution is 0.416. The zero-order valence-electron chi connectivity index (χ0n) is 19.5. The Labute approximate surface area is 206 Å². The molecule has 9 heteroatoms. The van der Waals surface area contributed by atoms with Crippen LogP contribution in [0.5, 0.6) is 5.75 Å². The molecule has 0 radical (unpaired) electrons. The number of aryl methyl sites for hydroxylation is 1. The highest BCUT2D eigenvalue weighted by Crippen LogP contribution is 2.38. The van der Waals surface area contributed by atoms with Gasteiger partial charge in [-0.2, -0.15) is 0 Å². The van der Waals surface area contributed by atoms with E-state index in [0.29, 0.717) is 24.1 Å². The van der Waals surface area contributed by atoms with E-state index < -0.39 is 0 Å². The molecular weight excluding hydrogens is 466 g/mol. The highest BCUT2D eigenvalue weighted by molar-refractivity contribution is 7.99. The molecule has 0 aliphatic heterocycles. The minimum Gasteiger partial charge on any atom is -0.496 e. The first kappa shape index (κ1) is 22.9. The van der Waals surface area contributed by atoms with Crippen LogP contribution in [0.15, 0.2) is 46.9 Å². The summed E-state index contributed by atoms with van der Waals surface area (Å²) in [6.07, 6.45) is 4.94. The molecule has 0 saturated heterocycles. The number of aromatic nitrogens is 5. The largest absolute Gasteiger partial charge is 0.496 e. The van der Waals surface area contributed by atoms with Gasteiger partial charge in [0.2, 0.25) is 0 Å². The van der Waals surface area contributed by atoms with E-state index in [1.807, 2.05) is 41.8 Å². The van der Waals surface area contributed by atoms with Crippen LogP contribution in [0.25, 0.3) is 21.6 Å². The zero-order chi connectivity index (χ0) is 23.8. The molecule has 1 aromatic carbocycles. The van der Waals surface area contributed by atoms with E-state index in [-0.39, 0.29) is 10.8 Å². The third-order valence-corrected chi connectivity index (χ3v) is 8.47. The third kappa shape index (κ3) is 4.07. The number of benzene rings is 1. The van der Waals surface area contributed by atoms with Crippen molar-refractivity contribution in [3.63, 3.8) is 0 Å². The summed E-state index contributed by atoms with van der Waals surface area (Å²) in [6.45, 7) is 8.75. The first-order valence-electron chi connectivity index (χ1n) is 11.4. The van der Waals surface area contributed by atoms with Crippen molar-refractivity contribution in [1.82, 2.24) is 24.7 Å². The Hall–Kier alpha value is -2.91. The topological polar surface area (TPSA) is 85.7 Å². The van der Waals surface area contributed by atoms with E-state index in [2.05, 4.69) is 28.7 Å². The normalized spacial score (nSPS) is 16.4. The monoisotopic (exact) mass is 493 g/mol. The van der Waals surface area contributed by atoms with E-state index in [0.717, 1.165) is 45.9 Å². The molecule has 176 valence electrons. The van der Waals surface area contributed by atoms with Crippen molar-refractivity contribution in [1.29, 1.82) is 0 Å². The number of methoxy groups -OCH3 is 1. The quantitative estimate of drug-likeness (QED) is 0.273. The van der Waals surface area contributed by atoms with Crippen molar-refractivity contribution < 1.29 is 4.74 Å². The van der Waals surface area contributed by atoms with Gasteiger partial charge in [-0.15, -0.1) is 28.1 Å². The van der Waals surface area contributed by atoms with E-state index in [1.165, 1.54) is 22.2 Å². The van der Waals surface area contributed by atoms with Gasteiger partial charge in [0, 0.05) is 11.4 Å². The molecule has 1 N–H and O–H groups in total. The number of rotatable bonds is 7. The van der Waals surface area contributed by atoms with Gasteiger partial charge >= 0.3 is 0 Å². The Bertz CT molecular complexity index is 1420. The summed E-state index contributed by atoms with van der Waals surface area (Å²) in [6, 6.07) is 7.75. The standard InChI is InChI=1S/C25H27N5O2S2/c1-5-12-30-22(16-8-6-7-9-18(16)32-4)28-29-25(30)33-15(3)21-26-23(31)20-17-11-10-14(2)13-19(17)34-24(20)27-21/h5-9,14-15H,1,10-13H2,2-4H3,(H,26,27,31). The van der Waals surface area contributed by atoms with Gasteiger partial charge in [0.1, 0.15) is 16.4 Å². The molecule has 2 atom stereocenters. The molecule has 0 amide bonds. The molecule has 0 saturated carbocycles. The lowest BCUT2D eigenvalue weighted by Gasteiger charge is -2.17. The summed E-state index contributed by atoms with van der Waals surface area (Å²) >= 11 is 3.19. The molecule has 5 rings (SSSR count). The molecular formula is C25H27N5O2S2. The summed E-state index contributed by atoms with van der Waals surface area (Å²) in [5, 5.41) is 10.3. The number of thiophene rings is 1. The van der Waals surface area contributed by atoms with Crippen LogP contribution in [0.4, 0.5) is 0 Å². The maximum absolute atomic E-state index is 13.0. The van der Waals surface area contributed by atoms with Crippen LogP contribution in [0, 0.1) is 5.92 Å². The zero-order valence-corrected chi connectivity index (χ0v) is 21.1. The van der Waals surface area contributed by atoms with Crippen molar-refractivity contribution in [3.8, 4) is 17.1 Å². The van der Waals surface area contributed by atoms with Crippen molar-refractivity contribution >= 4 is 33.3 Å². The Kier molecular flexibility index (Phi) is 6.31. The summed E-state index contributed by atoms with van der Waals surface area (Å²) in [7, 11) is 1.64. The number of H-pyrrole nitrogens is 1.